The molecule has 26 heavy (non-hydrogen) atoms. The average Bonchev–Trinajstić information content (AvgIpc) is 2.64. The summed E-state index contributed by atoms with van der Waals surface area (Å²) in [4.78, 5) is 15.9. The van der Waals surface area contributed by atoms with Crippen molar-refractivity contribution in [3.63, 3.8) is 0 Å². The predicted molar refractivity (Wildman–Crippen MR) is 103 cm³/mol. The molecule has 0 amide bonds. The number of hydrogen-bond donors (Lipinski definition) is 2. The van der Waals surface area contributed by atoms with Gasteiger partial charge in [-0.15, -0.1) is 0 Å². The third kappa shape index (κ3) is 3.68. The van der Waals surface area contributed by atoms with Crippen LogP contribution in [0.4, 0.5) is 5.69 Å². The van der Waals surface area contributed by atoms with Crippen LogP contribution in [-0.2, 0) is 0 Å². The van der Waals surface area contributed by atoms with Gasteiger partial charge in [0.15, 0.2) is 0 Å². The van der Waals surface area contributed by atoms with Crippen LogP contribution in [0.5, 0.6) is 5.75 Å². The molecule has 5 heteroatoms. The first-order valence-electron chi connectivity index (χ1n) is 8.99. The van der Waals surface area contributed by atoms with Crippen LogP contribution in [0.15, 0.2) is 36.4 Å². The summed E-state index contributed by atoms with van der Waals surface area (Å²) >= 11 is 0. The van der Waals surface area contributed by atoms with Gasteiger partial charge in [0.25, 0.3) is 0 Å². The van der Waals surface area contributed by atoms with E-state index in [1.807, 2.05) is 0 Å². The molecule has 3 rings (SSSR count). The molecular weight excluding hydrogens is 328 g/mol. The fourth-order valence-corrected chi connectivity index (χ4v) is 3.49. The van der Waals surface area contributed by atoms with Gasteiger partial charge in [-0.05, 0) is 55.7 Å². The molecular formula is C21H26N2O3. The van der Waals surface area contributed by atoms with Gasteiger partial charge in [0.2, 0.25) is 0 Å². The van der Waals surface area contributed by atoms with Gasteiger partial charge < -0.3 is 15.1 Å². The van der Waals surface area contributed by atoms with Gasteiger partial charge in [-0.2, -0.15) is 0 Å². The summed E-state index contributed by atoms with van der Waals surface area (Å²) in [6.45, 7) is 10.0. The number of aryl methyl sites for hydroxylation is 2. The van der Waals surface area contributed by atoms with Gasteiger partial charge in [-0.1, -0.05) is 18.2 Å². The maximum absolute atomic E-state index is 11.2. The third-order valence-electron chi connectivity index (χ3n) is 5.45. The summed E-state index contributed by atoms with van der Waals surface area (Å²) in [6, 6.07) is 11.8. The maximum atomic E-state index is 11.2. The topological polar surface area (TPSA) is 64.0 Å². The standard InChI is InChI=1S/C21H26N2O3/c1-14-4-5-17(12-15(14)2)16(3)22-8-10-23(11-9-22)18-6-7-20(24)19(13-18)21(25)26/h4-7,12-13,16,24H,8-11H2,1-3H3,(H,25,26). The quantitative estimate of drug-likeness (QED) is 0.878. The molecule has 1 heterocycles. The Hall–Kier alpha value is -2.53. The molecule has 1 saturated heterocycles. The van der Waals surface area contributed by atoms with E-state index in [1.54, 1.807) is 12.1 Å². The Morgan fingerprint density at radius 2 is 1.69 bits per heavy atom. The van der Waals surface area contributed by atoms with Gasteiger partial charge in [0.1, 0.15) is 11.3 Å². The highest BCUT2D eigenvalue weighted by Crippen LogP contribution is 2.28. The minimum atomic E-state index is -1.11. The zero-order valence-electron chi connectivity index (χ0n) is 15.6. The van der Waals surface area contributed by atoms with Crippen LogP contribution < -0.4 is 4.90 Å². The molecule has 0 radical (unpaired) electrons. The fourth-order valence-electron chi connectivity index (χ4n) is 3.49. The first-order chi connectivity index (χ1) is 12.4. The van der Waals surface area contributed by atoms with Crippen molar-refractivity contribution in [3.05, 3.63) is 58.7 Å². The lowest BCUT2D eigenvalue weighted by Crippen LogP contribution is -2.47. The lowest BCUT2D eigenvalue weighted by Gasteiger charge is -2.39. The fraction of sp³-hybridized carbons (Fsp3) is 0.381. The first-order valence-corrected chi connectivity index (χ1v) is 8.99. The minimum absolute atomic E-state index is 0.0478. The van der Waals surface area contributed by atoms with E-state index in [9.17, 15) is 15.0 Å². The van der Waals surface area contributed by atoms with Gasteiger partial charge in [-0.3, -0.25) is 4.90 Å². The Balaban J connectivity index is 1.68. The van der Waals surface area contributed by atoms with E-state index in [2.05, 4.69) is 48.8 Å². The first kappa shape index (κ1) is 18.3. The van der Waals surface area contributed by atoms with Gasteiger partial charge in [-0.25, -0.2) is 4.79 Å². The van der Waals surface area contributed by atoms with E-state index in [-0.39, 0.29) is 11.3 Å². The van der Waals surface area contributed by atoms with Crippen molar-refractivity contribution in [1.82, 2.24) is 4.90 Å². The largest absolute Gasteiger partial charge is 0.507 e. The number of rotatable bonds is 4. The molecule has 1 aliphatic rings. The van der Waals surface area contributed by atoms with E-state index < -0.39 is 5.97 Å². The van der Waals surface area contributed by atoms with Crippen molar-refractivity contribution in [2.75, 3.05) is 31.1 Å². The number of carbonyl (C=O) groups is 1. The molecule has 1 atom stereocenters. The number of nitrogens with zero attached hydrogens (tertiary/aromatic N) is 2. The Morgan fingerprint density at radius 1 is 1.00 bits per heavy atom. The van der Waals surface area contributed by atoms with Crippen molar-refractivity contribution < 1.29 is 15.0 Å². The lowest BCUT2D eigenvalue weighted by atomic mass is 10.0. The Morgan fingerprint density at radius 3 is 2.31 bits per heavy atom. The van der Waals surface area contributed by atoms with Crippen molar-refractivity contribution in [2.45, 2.75) is 26.8 Å². The monoisotopic (exact) mass is 354 g/mol. The number of aromatic carboxylic acids is 1. The van der Waals surface area contributed by atoms with Crippen LogP contribution in [-0.4, -0.2) is 47.3 Å². The Bertz CT molecular complexity index is 811. The second-order valence-electron chi connectivity index (χ2n) is 7.05. The number of carboxylic acids is 1. The van der Waals surface area contributed by atoms with E-state index in [0.29, 0.717) is 6.04 Å². The summed E-state index contributed by atoms with van der Waals surface area (Å²) in [5, 5.41) is 18.9. The summed E-state index contributed by atoms with van der Waals surface area (Å²) in [6.07, 6.45) is 0. The lowest BCUT2D eigenvalue weighted by molar-refractivity contribution is 0.0693. The number of carboxylic acid groups (broad SMARTS) is 1. The molecule has 0 spiro atoms. The van der Waals surface area contributed by atoms with Crippen LogP contribution in [0.2, 0.25) is 0 Å². The number of aromatic hydroxyl groups is 1. The minimum Gasteiger partial charge on any atom is -0.507 e. The Kier molecular flexibility index (Phi) is 5.18. The molecule has 138 valence electrons. The number of anilines is 1. The highest BCUT2D eigenvalue weighted by atomic mass is 16.4. The molecule has 5 nitrogen and oxygen atoms in total. The maximum Gasteiger partial charge on any atom is 0.339 e. The molecule has 2 aromatic carbocycles. The van der Waals surface area contributed by atoms with Crippen molar-refractivity contribution in [3.8, 4) is 5.75 Å². The number of phenols is 1. The molecule has 1 fully saturated rings. The van der Waals surface area contributed by atoms with Crippen LogP contribution in [0, 0.1) is 13.8 Å². The van der Waals surface area contributed by atoms with Crippen molar-refractivity contribution in [1.29, 1.82) is 0 Å². The van der Waals surface area contributed by atoms with E-state index in [1.165, 1.54) is 22.8 Å². The highest BCUT2D eigenvalue weighted by molar-refractivity contribution is 5.92. The molecule has 1 aliphatic heterocycles. The average molecular weight is 354 g/mol. The van der Waals surface area contributed by atoms with Gasteiger partial charge in [0, 0.05) is 37.9 Å². The Labute approximate surface area is 154 Å². The molecule has 2 aromatic rings. The zero-order chi connectivity index (χ0) is 18.8. The summed E-state index contributed by atoms with van der Waals surface area (Å²) < 4.78 is 0. The second kappa shape index (κ2) is 7.38. The summed E-state index contributed by atoms with van der Waals surface area (Å²) in [5.41, 5.74) is 4.76. The van der Waals surface area contributed by atoms with E-state index >= 15 is 0 Å². The molecule has 2 N–H and O–H groups in total. The highest BCUT2D eigenvalue weighted by Gasteiger charge is 2.23. The number of benzene rings is 2. The molecule has 1 unspecified atom stereocenters. The van der Waals surface area contributed by atoms with Crippen molar-refractivity contribution in [2.24, 2.45) is 0 Å². The normalized spacial score (nSPS) is 16.5. The number of piperazine rings is 1. The van der Waals surface area contributed by atoms with Crippen LogP contribution in [0.1, 0.15) is 40.0 Å². The predicted octanol–water partition coefficient (Wildman–Crippen LogP) is 3.59. The van der Waals surface area contributed by atoms with E-state index in [0.717, 1.165) is 31.9 Å². The molecule has 0 aromatic heterocycles. The summed E-state index contributed by atoms with van der Waals surface area (Å²) in [5.74, 6) is -1.30. The van der Waals surface area contributed by atoms with Gasteiger partial charge in [0.05, 0.1) is 0 Å². The third-order valence-corrected chi connectivity index (χ3v) is 5.45. The van der Waals surface area contributed by atoms with Crippen LogP contribution >= 0.6 is 0 Å². The van der Waals surface area contributed by atoms with Gasteiger partial charge >= 0.3 is 5.97 Å². The zero-order valence-corrected chi connectivity index (χ0v) is 15.6. The summed E-state index contributed by atoms with van der Waals surface area (Å²) in [7, 11) is 0. The van der Waals surface area contributed by atoms with Crippen molar-refractivity contribution >= 4 is 11.7 Å². The van der Waals surface area contributed by atoms with Crippen LogP contribution in [0.3, 0.4) is 0 Å². The SMILES string of the molecule is Cc1ccc(C(C)N2CCN(c3ccc(O)c(C(=O)O)c3)CC2)cc1C. The van der Waals surface area contributed by atoms with Crippen LogP contribution in [0.25, 0.3) is 0 Å². The smallest absolute Gasteiger partial charge is 0.339 e. The molecule has 0 saturated carbocycles. The number of hydrogen-bond acceptors (Lipinski definition) is 4. The second-order valence-corrected chi connectivity index (χ2v) is 7.05. The molecule has 0 aliphatic carbocycles. The molecule has 0 bridgehead atoms. The van der Waals surface area contributed by atoms with E-state index in [4.69, 9.17) is 0 Å².